The van der Waals surface area contributed by atoms with Crippen molar-refractivity contribution in [2.24, 2.45) is 16.3 Å². The van der Waals surface area contributed by atoms with Crippen molar-refractivity contribution in [1.29, 1.82) is 0 Å². The van der Waals surface area contributed by atoms with Gasteiger partial charge in [-0.05, 0) is 31.4 Å². The van der Waals surface area contributed by atoms with E-state index in [1.165, 1.54) is 25.7 Å². The van der Waals surface area contributed by atoms with E-state index >= 15 is 0 Å². The minimum atomic E-state index is 0.360. The zero-order chi connectivity index (χ0) is 16.4. The van der Waals surface area contributed by atoms with Gasteiger partial charge in [-0.3, -0.25) is 4.99 Å². The van der Waals surface area contributed by atoms with E-state index in [1.807, 2.05) is 18.2 Å². The van der Waals surface area contributed by atoms with Crippen LogP contribution in [0, 0.1) is 11.3 Å². The molecule has 3 unspecified atom stereocenters. The normalized spacial score (nSPS) is 30.3. The van der Waals surface area contributed by atoms with Crippen LogP contribution in [-0.2, 0) is 11.2 Å². The third-order valence-electron chi connectivity index (χ3n) is 5.95. The minimum absolute atomic E-state index is 0.360. The van der Waals surface area contributed by atoms with Crippen molar-refractivity contribution in [3.8, 4) is 0 Å². The summed E-state index contributed by atoms with van der Waals surface area (Å²) in [5.41, 5.74) is 0.360. The predicted octanol–water partition coefficient (Wildman–Crippen LogP) is 2.50. The first-order valence-corrected chi connectivity index (χ1v) is 9.13. The fourth-order valence-electron chi connectivity index (χ4n) is 4.66. The van der Waals surface area contributed by atoms with Crippen LogP contribution < -0.4 is 10.6 Å². The molecule has 1 aromatic heterocycles. The van der Waals surface area contributed by atoms with Gasteiger partial charge >= 0.3 is 0 Å². The molecule has 2 heterocycles. The second-order valence-electron chi connectivity index (χ2n) is 7.18. The van der Waals surface area contributed by atoms with Crippen molar-refractivity contribution >= 4 is 5.96 Å². The van der Waals surface area contributed by atoms with Crippen molar-refractivity contribution in [2.45, 2.75) is 44.2 Å². The Kier molecular flexibility index (Phi) is 4.35. The standard InChI is InChI=1S/C19H27N3O2/c1-2-10-20-18(21-11-6-14-5-3-12-23-14)22-16-15-7-13-24-17(15)19(16)8-4-9-19/h2-3,5,12,15-17H,1,4,6-11,13H2,(H2,20,21,22). The number of furan rings is 1. The van der Waals surface area contributed by atoms with E-state index in [0.29, 0.717) is 30.0 Å². The molecule has 1 spiro atoms. The van der Waals surface area contributed by atoms with Gasteiger partial charge in [-0.2, -0.15) is 0 Å². The third kappa shape index (κ3) is 2.65. The van der Waals surface area contributed by atoms with Crippen LogP contribution in [0.3, 0.4) is 0 Å². The monoisotopic (exact) mass is 329 g/mol. The second-order valence-corrected chi connectivity index (χ2v) is 7.18. The van der Waals surface area contributed by atoms with Gasteiger partial charge in [-0.25, -0.2) is 0 Å². The van der Waals surface area contributed by atoms with Crippen LogP contribution in [0.4, 0.5) is 0 Å². The summed E-state index contributed by atoms with van der Waals surface area (Å²) in [6.07, 6.45) is 9.95. The van der Waals surface area contributed by atoms with Crippen LogP contribution in [-0.4, -0.2) is 37.8 Å². The lowest BCUT2D eigenvalue weighted by atomic mass is 9.46. The average Bonchev–Trinajstić information content (AvgIpc) is 3.18. The van der Waals surface area contributed by atoms with Crippen LogP contribution in [0.15, 0.2) is 40.5 Å². The Hall–Kier alpha value is -1.75. The predicted molar refractivity (Wildman–Crippen MR) is 94.0 cm³/mol. The maximum Gasteiger partial charge on any atom is 0.191 e. The molecule has 2 N–H and O–H groups in total. The van der Waals surface area contributed by atoms with Crippen molar-refractivity contribution in [2.75, 3.05) is 19.7 Å². The second kappa shape index (κ2) is 6.63. The zero-order valence-corrected chi connectivity index (χ0v) is 14.2. The number of hydrogen-bond donors (Lipinski definition) is 2. The summed E-state index contributed by atoms with van der Waals surface area (Å²) in [6.45, 7) is 6.14. The quantitative estimate of drug-likeness (QED) is 0.478. The van der Waals surface area contributed by atoms with Crippen molar-refractivity contribution in [1.82, 2.24) is 10.6 Å². The largest absolute Gasteiger partial charge is 0.469 e. The summed E-state index contributed by atoms with van der Waals surface area (Å²) in [5.74, 6) is 2.51. The summed E-state index contributed by atoms with van der Waals surface area (Å²) in [7, 11) is 0. The molecule has 5 heteroatoms. The van der Waals surface area contributed by atoms with Crippen molar-refractivity contribution in [3.63, 3.8) is 0 Å². The molecule has 4 rings (SSSR count). The van der Waals surface area contributed by atoms with Gasteiger partial charge in [0.05, 0.1) is 12.4 Å². The van der Waals surface area contributed by atoms with Gasteiger partial charge in [0.15, 0.2) is 5.96 Å². The average molecular weight is 329 g/mol. The Morgan fingerprint density at radius 2 is 2.38 bits per heavy atom. The number of guanidine groups is 1. The molecular formula is C19H27N3O2. The first kappa shape index (κ1) is 15.8. The van der Waals surface area contributed by atoms with Crippen LogP contribution in [0.25, 0.3) is 0 Å². The molecule has 24 heavy (non-hydrogen) atoms. The highest BCUT2D eigenvalue weighted by Gasteiger charge is 2.66. The lowest BCUT2D eigenvalue weighted by Gasteiger charge is -2.63. The number of ether oxygens (including phenoxy) is 1. The van der Waals surface area contributed by atoms with E-state index in [0.717, 1.165) is 31.3 Å². The fraction of sp³-hybridized carbons (Fsp3) is 0.632. The number of rotatable bonds is 6. The van der Waals surface area contributed by atoms with Crippen molar-refractivity contribution < 1.29 is 9.15 Å². The molecule has 3 atom stereocenters. The molecular weight excluding hydrogens is 302 g/mol. The highest BCUT2D eigenvalue weighted by Crippen LogP contribution is 2.62. The Morgan fingerprint density at radius 3 is 3.08 bits per heavy atom. The summed E-state index contributed by atoms with van der Waals surface area (Å²) < 4.78 is 11.4. The maximum absolute atomic E-state index is 6.00. The van der Waals surface area contributed by atoms with Gasteiger partial charge in [0, 0.05) is 43.5 Å². The number of nitrogens with one attached hydrogen (secondary N) is 2. The minimum Gasteiger partial charge on any atom is -0.469 e. The molecule has 2 saturated carbocycles. The summed E-state index contributed by atoms with van der Waals surface area (Å²) >= 11 is 0. The fourth-order valence-corrected chi connectivity index (χ4v) is 4.66. The van der Waals surface area contributed by atoms with Gasteiger partial charge in [-0.1, -0.05) is 12.5 Å². The van der Waals surface area contributed by atoms with E-state index in [1.54, 1.807) is 6.26 Å². The Labute approximate surface area is 143 Å². The lowest BCUT2D eigenvalue weighted by Crippen LogP contribution is -2.72. The molecule has 2 aliphatic carbocycles. The van der Waals surface area contributed by atoms with E-state index in [9.17, 15) is 0 Å². The van der Waals surface area contributed by atoms with Crippen LogP contribution in [0.5, 0.6) is 0 Å². The summed E-state index contributed by atoms with van der Waals surface area (Å²) in [6, 6.07) is 4.41. The number of nitrogens with zero attached hydrogens (tertiary/aromatic N) is 1. The summed E-state index contributed by atoms with van der Waals surface area (Å²) in [5, 5.41) is 7.08. The number of fused-ring (bicyclic) bond motifs is 2. The van der Waals surface area contributed by atoms with E-state index in [2.05, 4.69) is 17.2 Å². The molecule has 1 aromatic rings. The smallest absolute Gasteiger partial charge is 0.191 e. The topological polar surface area (TPSA) is 58.8 Å². The Bertz CT molecular complexity index is 592. The Balaban J connectivity index is 1.40. The van der Waals surface area contributed by atoms with E-state index in [4.69, 9.17) is 14.1 Å². The SMILES string of the molecule is C=CCNC(=NCCc1ccco1)NC1C2CCOC2C12CCC2. The van der Waals surface area contributed by atoms with E-state index in [-0.39, 0.29) is 0 Å². The Morgan fingerprint density at radius 1 is 1.46 bits per heavy atom. The van der Waals surface area contributed by atoms with Gasteiger partial charge in [0.2, 0.25) is 0 Å². The molecule has 130 valence electrons. The van der Waals surface area contributed by atoms with Crippen molar-refractivity contribution in [3.05, 3.63) is 36.8 Å². The molecule has 0 radical (unpaired) electrons. The van der Waals surface area contributed by atoms with Gasteiger partial charge in [0.25, 0.3) is 0 Å². The molecule has 0 bridgehead atoms. The molecule has 1 saturated heterocycles. The molecule has 5 nitrogen and oxygen atoms in total. The maximum atomic E-state index is 6.00. The molecule has 0 aromatic carbocycles. The number of aliphatic imine (C=N–C) groups is 1. The number of hydrogen-bond acceptors (Lipinski definition) is 3. The highest BCUT2D eigenvalue weighted by molar-refractivity contribution is 5.80. The van der Waals surface area contributed by atoms with Crippen LogP contribution in [0.2, 0.25) is 0 Å². The van der Waals surface area contributed by atoms with Gasteiger partial charge < -0.3 is 19.8 Å². The van der Waals surface area contributed by atoms with Crippen LogP contribution in [0.1, 0.15) is 31.4 Å². The first-order chi connectivity index (χ1) is 11.8. The zero-order valence-electron chi connectivity index (χ0n) is 14.2. The molecule has 3 aliphatic rings. The molecule has 0 amide bonds. The molecule has 1 aliphatic heterocycles. The van der Waals surface area contributed by atoms with Gasteiger partial charge in [0.1, 0.15) is 5.76 Å². The first-order valence-electron chi connectivity index (χ1n) is 9.13. The molecule has 3 fully saturated rings. The van der Waals surface area contributed by atoms with E-state index < -0.39 is 0 Å². The lowest BCUT2D eigenvalue weighted by molar-refractivity contribution is -0.171. The third-order valence-corrected chi connectivity index (χ3v) is 5.95. The summed E-state index contributed by atoms with van der Waals surface area (Å²) in [4.78, 5) is 4.74. The van der Waals surface area contributed by atoms with Gasteiger partial charge in [-0.15, -0.1) is 6.58 Å². The highest BCUT2D eigenvalue weighted by atomic mass is 16.5. The van der Waals surface area contributed by atoms with Crippen LogP contribution >= 0.6 is 0 Å².